The van der Waals surface area contributed by atoms with Crippen molar-refractivity contribution in [2.24, 2.45) is 0 Å². The van der Waals surface area contributed by atoms with Crippen molar-refractivity contribution in [3.8, 4) is 5.75 Å². The first-order valence-corrected chi connectivity index (χ1v) is 6.33. The normalized spacial score (nSPS) is 12.3. The van der Waals surface area contributed by atoms with E-state index in [0.29, 0.717) is 18.8 Å². The molecule has 2 N–H and O–H groups in total. The quantitative estimate of drug-likeness (QED) is 0.807. The van der Waals surface area contributed by atoms with Gasteiger partial charge < -0.3 is 19.7 Å². The van der Waals surface area contributed by atoms with Crippen LogP contribution in [0.4, 0.5) is 4.39 Å². The topological polar surface area (TPSA) is 67.5 Å². The number of ether oxygens (including phenoxy) is 1. The van der Waals surface area contributed by atoms with Gasteiger partial charge in [-0.2, -0.15) is 0 Å². The zero-order valence-corrected chi connectivity index (χ0v) is 11.2. The molecule has 0 aliphatic heterocycles. The number of rotatable bonds is 7. The van der Waals surface area contributed by atoms with Gasteiger partial charge >= 0.3 is 0 Å². The lowest BCUT2D eigenvalue weighted by Gasteiger charge is -2.12. The summed E-state index contributed by atoms with van der Waals surface area (Å²) in [7, 11) is 0. The number of aromatic nitrogens is 1. The van der Waals surface area contributed by atoms with Gasteiger partial charge in [0.2, 0.25) is 0 Å². The molecule has 1 aromatic carbocycles. The van der Waals surface area contributed by atoms with E-state index in [0.717, 1.165) is 11.5 Å². The standard InChI is InChI=1S/C14H17FN2O3/c1-10-6-12(17-20-10)7-16-8-13(18)9-19-14-4-2-11(15)3-5-14/h2-6,13,16,18H,7-9H2,1H3. The van der Waals surface area contributed by atoms with E-state index >= 15 is 0 Å². The number of benzene rings is 1. The predicted octanol–water partition coefficient (Wildman–Crippen LogP) is 1.65. The predicted molar refractivity (Wildman–Crippen MR) is 70.8 cm³/mol. The first kappa shape index (κ1) is 14.5. The van der Waals surface area contributed by atoms with Crippen molar-refractivity contribution >= 4 is 0 Å². The second-order valence-electron chi connectivity index (χ2n) is 4.48. The lowest BCUT2D eigenvalue weighted by molar-refractivity contribution is 0.106. The van der Waals surface area contributed by atoms with Crippen molar-refractivity contribution in [3.63, 3.8) is 0 Å². The van der Waals surface area contributed by atoms with Gasteiger partial charge in [0.1, 0.15) is 30.0 Å². The molecule has 0 spiro atoms. The Hall–Kier alpha value is -1.92. The molecule has 0 bridgehead atoms. The van der Waals surface area contributed by atoms with Crippen molar-refractivity contribution < 1.29 is 18.8 Å². The van der Waals surface area contributed by atoms with Gasteiger partial charge in [-0.25, -0.2) is 4.39 Å². The lowest BCUT2D eigenvalue weighted by atomic mass is 10.3. The maximum atomic E-state index is 12.7. The van der Waals surface area contributed by atoms with Crippen LogP contribution in [0.1, 0.15) is 11.5 Å². The highest BCUT2D eigenvalue weighted by Crippen LogP contribution is 2.11. The van der Waals surface area contributed by atoms with E-state index in [9.17, 15) is 9.50 Å². The van der Waals surface area contributed by atoms with Crippen molar-refractivity contribution in [3.05, 3.63) is 47.6 Å². The highest BCUT2D eigenvalue weighted by Gasteiger charge is 2.06. The molecule has 0 amide bonds. The molecule has 2 aromatic rings. The van der Waals surface area contributed by atoms with E-state index < -0.39 is 6.10 Å². The molecular formula is C14H17FN2O3. The molecule has 0 saturated carbocycles. The van der Waals surface area contributed by atoms with Crippen LogP contribution in [0, 0.1) is 12.7 Å². The van der Waals surface area contributed by atoms with E-state index in [1.807, 2.05) is 13.0 Å². The number of nitrogens with zero attached hydrogens (tertiary/aromatic N) is 1. The van der Waals surface area contributed by atoms with Gasteiger partial charge in [-0.05, 0) is 31.2 Å². The van der Waals surface area contributed by atoms with Crippen LogP contribution in [-0.4, -0.2) is 29.5 Å². The molecule has 1 atom stereocenters. The molecule has 1 unspecified atom stereocenters. The molecule has 108 valence electrons. The molecule has 0 fully saturated rings. The number of nitrogens with one attached hydrogen (secondary N) is 1. The fourth-order valence-electron chi connectivity index (χ4n) is 1.65. The van der Waals surface area contributed by atoms with Gasteiger partial charge in [0.25, 0.3) is 0 Å². The van der Waals surface area contributed by atoms with E-state index in [-0.39, 0.29) is 12.4 Å². The molecule has 5 nitrogen and oxygen atoms in total. The lowest BCUT2D eigenvalue weighted by Crippen LogP contribution is -2.31. The zero-order chi connectivity index (χ0) is 14.4. The first-order chi connectivity index (χ1) is 9.63. The van der Waals surface area contributed by atoms with Crippen molar-refractivity contribution in [2.75, 3.05) is 13.2 Å². The summed E-state index contributed by atoms with van der Waals surface area (Å²) in [5, 5.41) is 16.6. The van der Waals surface area contributed by atoms with Crippen LogP contribution in [-0.2, 0) is 6.54 Å². The number of hydrogen-bond acceptors (Lipinski definition) is 5. The summed E-state index contributed by atoms with van der Waals surface area (Å²) in [5.74, 6) is 0.960. The average molecular weight is 280 g/mol. The van der Waals surface area contributed by atoms with Crippen molar-refractivity contribution in [1.29, 1.82) is 0 Å². The van der Waals surface area contributed by atoms with Crippen molar-refractivity contribution in [1.82, 2.24) is 10.5 Å². The molecule has 0 aliphatic rings. The Bertz CT molecular complexity index is 527. The molecule has 1 aromatic heterocycles. The molecule has 0 radical (unpaired) electrons. The van der Waals surface area contributed by atoms with Gasteiger partial charge in [-0.3, -0.25) is 0 Å². The summed E-state index contributed by atoms with van der Waals surface area (Å²) in [4.78, 5) is 0. The Labute approximate surface area is 116 Å². The highest BCUT2D eigenvalue weighted by atomic mass is 19.1. The SMILES string of the molecule is Cc1cc(CNCC(O)COc2ccc(F)cc2)no1. The third-order valence-corrected chi connectivity index (χ3v) is 2.62. The van der Waals surface area contributed by atoms with Gasteiger partial charge in [-0.1, -0.05) is 5.16 Å². The van der Waals surface area contributed by atoms with E-state index in [4.69, 9.17) is 9.26 Å². The van der Waals surface area contributed by atoms with E-state index in [1.54, 1.807) is 0 Å². The minimum atomic E-state index is -0.659. The molecular weight excluding hydrogens is 263 g/mol. The Morgan fingerprint density at radius 3 is 2.80 bits per heavy atom. The minimum absolute atomic E-state index is 0.135. The van der Waals surface area contributed by atoms with Crippen LogP contribution in [0.2, 0.25) is 0 Å². The number of aliphatic hydroxyl groups excluding tert-OH is 1. The van der Waals surface area contributed by atoms with Gasteiger partial charge in [-0.15, -0.1) is 0 Å². The van der Waals surface area contributed by atoms with Crippen LogP contribution < -0.4 is 10.1 Å². The summed E-state index contributed by atoms with van der Waals surface area (Å²) in [6, 6.07) is 7.50. The number of aryl methyl sites for hydroxylation is 1. The molecule has 2 rings (SSSR count). The maximum Gasteiger partial charge on any atom is 0.133 e. The minimum Gasteiger partial charge on any atom is -0.491 e. The molecule has 1 heterocycles. The maximum absolute atomic E-state index is 12.7. The molecule has 6 heteroatoms. The summed E-state index contributed by atoms with van der Waals surface area (Å²) >= 11 is 0. The van der Waals surface area contributed by atoms with Crippen LogP contribution in [0.25, 0.3) is 0 Å². The van der Waals surface area contributed by atoms with E-state index in [2.05, 4.69) is 10.5 Å². The third kappa shape index (κ3) is 4.64. The van der Waals surface area contributed by atoms with Crippen LogP contribution in [0.5, 0.6) is 5.75 Å². The Kier molecular flexibility index (Phi) is 5.09. The van der Waals surface area contributed by atoms with Crippen LogP contribution in [0.15, 0.2) is 34.9 Å². The van der Waals surface area contributed by atoms with Gasteiger partial charge in [0.05, 0.1) is 5.69 Å². The fraction of sp³-hybridized carbons (Fsp3) is 0.357. The fourth-order valence-corrected chi connectivity index (χ4v) is 1.65. The number of aliphatic hydroxyl groups is 1. The zero-order valence-electron chi connectivity index (χ0n) is 11.2. The smallest absolute Gasteiger partial charge is 0.133 e. The molecule has 0 aliphatic carbocycles. The van der Waals surface area contributed by atoms with Crippen LogP contribution >= 0.6 is 0 Å². The molecule has 20 heavy (non-hydrogen) atoms. The van der Waals surface area contributed by atoms with E-state index in [1.165, 1.54) is 24.3 Å². The summed E-state index contributed by atoms with van der Waals surface area (Å²) < 4.78 is 23.0. The summed E-state index contributed by atoms with van der Waals surface area (Å²) in [5.41, 5.74) is 0.786. The Morgan fingerprint density at radius 2 is 2.15 bits per heavy atom. The second kappa shape index (κ2) is 7.02. The largest absolute Gasteiger partial charge is 0.491 e. The Morgan fingerprint density at radius 1 is 1.40 bits per heavy atom. The van der Waals surface area contributed by atoms with Gasteiger partial charge in [0.15, 0.2) is 0 Å². The number of halogens is 1. The van der Waals surface area contributed by atoms with Gasteiger partial charge in [0, 0.05) is 19.2 Å². The summed E-state index contributed by atoms with van der Waals surface area (Å²) in [6.07, 6.45) is -0.659. The molecule has 0 saturated heterocycles. The second-order valence-corrected chi connectivity index (χ2v) is 4.48. The monoisotopic (exact) mass is 280 g/mol. The highest BCUT2D eigenvalue weighted by molar-refractivity contribution is 5.22. The first-order valence-electron chi connectivity index (χ1n) is 6.33. The summed E-state index contributed by atoms with van der Waals surface area (Å²) in [6.45, 7) is 2.84. The van der Waals surface area contributed by atoms with Crippen LogP contribution in [0.3, 0.4) is 0 Å². The average Bonchev–Trinajstić information content (AvgIpc) is 2.84. The Balaban J connectivity index is 1.65. The number of hydrogen-bond donors (Lipinski definition) is 2. The van der Waals surface area contributed by atoms with Crippen molar-refractivity contribution in [2.45, 2.75) is 19.6 Å². The third-order valence-electron chi connectivity index (χ3n) is 2.62.